The Morgan fingerprint density at radius 1 is 1.21 bits per heavy atom. The molecule has 0 amide bonds. The molecule has 0 spiro atoms. The molecule has 4 nitrogen and oxygen atoms in total. The van der Waals surface area contributed by atoms with Gasteiger partial charge < -0.3 is 4.90 Å². The van der Waals surface area contributed by atoms with Crippen LogP contribution in [0.4, 0.5) is 0 Å². The molecule has 2 rings (SSSR count). The molecule has 5 heteroatoms. The Labute approximate surface area is 121 Å². The number of fused-ring (bicyclic) bond motifs is 1. The molecule has 0 bridgehead atoms. The van der Waals surface area contributed by atoms with Crippen molar-refractivity contribution < 1.29 is 4.79 Å². The zero-order valence-corrected chi connectivity index (χ0v) is 13.7. The first-order chi connectivity index (χ1) is 9.09. The topological polar surface area (TPSA) is 38.1 Å². The van der Waals surface area contributed by atoms with Crippen LogP contribution < -0.4 is 0 Å². The summed E-state index contributed by atoms with van der Waals surface area (Å²) >= 11 is 6.14. The fourth-order valence-corrected chi connectivity index (χ4v) is 2.19. The quantitative estimate of drug-likeness (QED) is 0.740. The molecule has 0 radical (unpaired) electrons. The van der Waals surface area contributed by atoms with E-state index in [0.717, 1.165) is 31.7 Å². The number of Topliss-reactive ketones (excluding diaryl/α,β-unsaturated/α-hetero) is 1. The summed E-state index contributed by atoms with van der Waals surface area (Å²) < 4.78 is 1.86. The number of carbonyl (C=O) groups is 1. The van der Waals surface area contributed by atoms with E-state index in [0.29, 0.717) is 10.7 Å². The van der Waals surface area contributed by atoms with Crippen LogP contribution >= 0.6 is 11.6 Å². The van der Waals surface area contributed by atoms with Crippen molar-refractivity contribution in [2.24, 2.45) is 0 Å². The van der Waals surface area contributed by atoms with Crippen molar-refractivity contribution in [3.8, 4) is 0 Å². The first-order valence-electron chi connectivity index (χ1n) is 7.04. The van der Waals surface area contributed by atoms with Gasteiger partial charge in [0, 0.05) is 26.6 Å². The number of nitrogens with zero attached hydrogens (tertiary/aromatic N) is 3. The van der Waals surface area contributed by atoms with Gasteiger partial charge in [-0.25, -0.2) is 0 Å². The SMILES string of the molecule is CC.CC.CC(=O)c1nn2c(c1Cl)CN(C)CCC2. The van der Waals surface area contributed by atoms with E-state index in [1.807, 2.05) is 39.4 Å². The molecule has 0 aromatic carbocycles. The molecule has 1 aromatic rings. The van der Waals surface area contributed by atoms with Crippen molar-refractivity contribution in [1.29, 1.82) is 0 Å². The van der Waals surface area contributed by atoms with Crippen molar-refractivity contribution in [3.05, 3.63) is 16.4 Å². The largest absolute Gasteiger partial charge is 0.300 e. The number of aromatic nitrogens is 2. The van der Waals surface area contributed by atoms with Gasteiger partial charge in [0.2, 0.25) is 0 Å². The number of carbonyl (C=O) groups excluding carboxylic acids is 1. The van der Waals surface area contributed by atoms with Crippen LogP contribution in [-0.2, 0) is 13.1 Å². The van der Waals surface area contributed by atoms with Gasteiger partial charge >= 0.3 is 0 Å². The minimum Gasteiger partial charge on any atom is -0.300 e. The third-order valence-corrected chi connectivity index (χ3v) is 3.05. The highest BCUT2D eigenvalue weighted by molar-refractivity contribution is 6.34. The van der Waals surface area contributed by atoms with Crippen LogP contribution in [0.2, 0.25) is 5.02 Å². The van der Waals surface area contributed by atoms with E-state index in [-0.39, 0.29) is 5.78 Å². The molecule has 1 aliphatic heterocycles. The van der Waals surface area contributed by atoms with Crippen LogP contribution in [0.25, 0.3) is 0 Å². The summed E-state index contributed by atoms with van der Waals surface area (Å²) in [6, 6.07) is 0. The van der Waals surface area contributed by atoms with E-state index in [2.05, 4.69) is 10.00 Å². The standard InChI is InChI=1S/C10H14ClN3O.2C2H6/c1-7(15)10-9(11)8-6-13(2)4-3-5-14(8)12-10;2*1-2/h3-6H2,1-2H3;2*1-2H3. The number of rotatable bonds is 1. The summed E-state index contributed by atoms with van der Waals surface area (Å²) in [6.45, 7) is 12.1. The lowest BCUT2D eigenvalue weighted by molar-refractivity contribution is 0.101. The van der Waals surface area contributed by atoms with Crippen molar-refractivity contribution in [2.45, 2.75) is 54.1 Å². The molecule has 0 N–H and O–H groups in total. The number of aryl methyl sites for hydroxylation is 1. The van der Waals surface area contributed by atoms with E-state index >= 15 is 0 Å². The van der Waals surface area contributed by atoms with Crippen LogP contribution in [0.3, 0.4) is 0 Å². The van der Waals surface area contributed by atoms with Crippen LogP contribution in [0, 0.1) is 0 Å². The number of hydrogen-bond acceptors (Lipinski definition) is 3. The van der Waals surface area contributed by atoms with Gasteiger partial charge in [0.1, 0.15) is 5.69 Å². The van der Waals surface area contributed by atoms with Gasteiger partial charge in [-0.2, -0.15) is 5.10 Å². The zero-order chi connectivity index (χ0) is 15.0. The zero-order valence-electron chi connectivity index (χ0n) is 13.0. The molecular weight excluding hydrogens is 262 g/mol. The molecular formula is C14H26ClN3O. The Kier molecular flexibility index (Phi) is 8.68. The van der Waals surface area contributed by atoms with E-state index in [1.165, 1.54) is 6.92 Å². The fourth-order valence-electron chi connectivity index (χ4n) is 1.86. The average molecular weight is 288 g/mol. The molecule has 19 heavy (non-hydrogen) atoms. The molecule has 0 saturated carbocycles. The van der Waals surface area contributed by atoms with E-state index in [9.17, 15) is 4.79 Å². The lowest BCUT2D eigenvalue weighted by atomic mass is 10.3. The fraction of sp³-hybridized carbons (Fsp3) is 0.714. The summed E-state index contributed by atoms with van der Waals surface area (Å²) in [5, 5.41) is 4.78. The van der Waals surface area contributed by atoms with Crippen molar-refractivity contribution in [3.63, 3.8) is 0 Å². The first-order valence-corrected chi connectivity index (χ1v) is 7.42. The van der Waals surface area contributed by atoms with Crippen LogP contribution in [0.15, 0.2) is 0 Å². The highest BCUT2D eigenvalue weighted by Gasteiger charge is 2.21. The van der Waals surface area contributed by atoms with Crippen LogP contribution in [0.5, 0.6) is 0 Å². The van der Waals surface area contributed by atoms with Crippen molar-refractivity contribution in [1.82, 2.24) is 14.7 Å². The van der Waals surface area contributed by atoms with E-state index in [4.69, 9.17) is 11.6 Å². The predicted octanol–water partition coefficient (Wildman–Crippen LogP) is 3.63. The third kappa shape index (κ3) is 4.62. The maximum atomic E-state index is 11.3. The van der Waals surface area contributed by atoms with Gasteiger partial charge in [0.25, 0.3) is 0 Å². The highest BCUT2D eigenvalue weighted by atomic mass is 35.5. The second-order valence-corrected chi connectivity index (χ2v) is 4.36. The maximum absolute atomic E-state index is 11.3. The van der Waals surface area contributed by atoms with Crippen LogP contribution in [0.1, 0.15) is 57.2 Å². The summed E-state index contributed by atoms with van der Waals surface area (Å²) in [4.78, 5) is 13.5. The molecule has 2 heterocycles. The molecule has 0 fully saturated rings. The second kappa shape index (κ2) is 9.10. The Bertz CT molecular complexity index is 402. The molecule has 0 unspecified atom stereocenters. The molecule has 0 atom stereocenters. The Hall–Kier alpha value is -0.870. The summed E-state index contributed by atoms with van der Waals surface area (Å²) in [5.41, 5.74) is 1.36. The normalized spacial score (nSPS) is 14.3. The maximum Gasteiger partial charge on any atom is 0.181 e. The highest BCUT2D eigenvalue weighted by Crippen LogP contribution is 2.24. The van der Waals surface area contributed by atoms with Crippen molar-refractivity contribution in [2.75, 3.05) is 13.6 Å². The Balaban J connectivity index is 0.000000741. The summed E-state index contributed by atoms with van der Waals surface area (Å²) in [7, 11) is 2.05. The lowest BCUT2D eigenvalue weighted by Gasteiger charge is -2.11. The predicted molar refractivity (Wildman–Crippen MR) is 80.9 cm³/mol. The lowest BCUT2D eigenvalue weighted by Crippen LogP contribution is -2.17. The van der Waals surface area contributed by atoms with Gasteiger partial charge in [-0.05, 0) is 13.5 Å². The van der Waals surface area contributed by atoms with E-state index < -0.39 is 0 Å². The van der Waals surface area contributed by atoms with Crippen LogP contribution in [-0.4, -0.2) is 34.1 Å². The Morgan fingerprint density at radius 3 is 2.32 bits per heavy atom. The monoisotopic (exact) mass is 287 g/mol. The number of ketones is 1. The van der Waals surface area contributed by atoms with Gasteiger partial charge in [-0.3, -0.25) is 9.48 Å². The van der Waals surface area contributed by atoms with Gasteiger partial charge in [0.15, 0.2) is 5.78 Å². The van der Waals surface area contributed by atoms with Gasteiger partial charge in [-0.15, -0.1) is 0 Å². The first kappa shape index (κ1) is 18.1. The minimum absolute atomic E-state index is 0.0665. The van der Waals surface area contributed by atoms with Gasteiger partial charge in [-0.1, -0.05) is 39.3 Å². The van der Waals surface area contributed by atoms with E-state index in [1.54, 1.807) is 0 Å². The summed E-state index contributed by atoms with van der Waals surface area (Å²) in [5.74, 6) is -0.0665. The molecule has 0 aliphatic carbocycles. The molecule has 1 aliphatic rings. The van der Waals surface area contributed by atoms with Crippen molar-refractivity contribution >= 4 is 17.4 Å². The summed E-state index contributed by atoms with van der Waals surface area (Å²) in [6.07, 6.45) is 1.04. The van der Waals surface area contributed by atoms with Gasteiger partial charge in [0.05, 0.1) is 10.7 Å². The number of hydrogen-bond donors (Lipinski definition) is 0. The second-order valence-electron chi connectivity index (χ2n) is 3.98. The average Bonchev–Trinajstić information content (AvgIpc) is 2.62. The minimum atomic E-state index is -0.0665. The molecule has 1 aromatic heterocycles. The molecule has 0 saturated heterocycles. The molecule has 110 valence electrons. The number of halogens is 1. The third-order valence-electron chi connectivity index (χ3n) is 2.66. The Morgan fingerprint density at radius 2 is 1.79 bits per heavy atom. The smallest absolute Gasteiger partial charge is 0.181 e.